The molecule has 0 atom stereocenters. The van der Waals surface area contributed by atoms with E-state index in [2.05, 4.69) is 9.46 Å². The molecule has 0 spiro atoms. The lowest BCUT2D eigenvalue weighted by Crippen LogP contribution is -2.13. The van der Waals surface area contributed by atoms with Gasteiger partial charge in [0.15, 0.2) is 0 Å². The number of carbonyl (C=O) groups excluding carboxylic acids is 1. The number of hydrogen-bond donors (Lipinski definition) is 2. The number of ether oxygens (including phenoxy) is 1. The van der Waals surface area contributed by atoms with E-state index in [4.69, 9.17) is 11.6 Å². The highest BCUT2D eigenvalue weighted by Gasteiger charge is 2.18. The Kier molecular flexibility index (Phi) is 4.76. The Labute approximate surface area is 155 Å². The Hall–Kier alpha value is -2.77. The number of benzene rings is 3. The summed E-state index contributed by atoms with van der Waals surface area (Å²) in [7, 11) is -2.68. The Morgan fingerprint density at radius 2 is 1.69 bits per heavy atom. The highest BCUT2D eigenvalue weighted by atomic mass is 35.5. The van der Waals surface area contributed by atoms with E-state index in [1.54, 1.807) is 24.3 Å². The van der Waals surface area contributed by atoms with Crippen LogP contribution in [0, 0.1) is 0 Å². The molecule has 0 saturated carbocycles. The van der Waals surface area contributed by atoms with Gasteiger partial charge in [-0.15, -0.1) is 0 Å². The number of hydrogen-bond acceptors (Lipinski definition) is 5. The van der Waals surface area contributed by atoms with Gasteiger partial charge in [-0.25, -0.2) is 13.2 Å². The lowest BCUT2D eigenvalue weighted by Gasteiger charge is -2.13. The fourth-order valence-corrected chi connectivity index (χ4v) is 3.78. The fourth-order valence-electron chi connectivity index (χ4n) is 2.50. The van der Waals surface area contributed by atoms with Crippen LogP contribution in [0.15, 0.2) is 59.5 Å². The molecule has 3 aromatic carbocycles. The van der Waals surface area contributed by atoms with Crippen LogP contribution in [-0.4, -0.2) is 26.6 Å². The van der Waals surface area contributed by atoms with Crippen molar-refractivity contribution in [2.75, 3.05) is 11.8 Å². The van der Waals surface area contributed by atoms with Gasteiger partial charge in [0.05, 0.1) is 28.3 Å². The number of rotatable bonds is 4. The molecule has 0 aromatic heterocycles. The number of esters is 1. The van der Waals surface area contributed by atoms with Crippen LogP contribution in [-0.2, 0) is 14.8 Å². The zero-order chi connectivity index (χ0) is 18.9. The van der Waals surface area contributed by atoms with Gasteiger partial charge in [-0.1, -0.05) is 35.9 Å². The third-order valence-electron chi connectivity index (χ3n) is 3.80. The number of anilines is 1. The zero-order valence-electron chi connectivity index (χ0n) is 13.6. The Morgan fingerprint density at radius 1 is 1.08 bits per heavy atom. The Morgan fingerprint density at radius 3 is 2.31 bits per heavy atom. The number of carbonyl (C=O) groups is 1. The number of aromatic hydroxyl groups is 1. The van der Waals surface area contributed by atoms with Crippen LogP contribution in [0.4, 0.5) is 5.69 Å². The van der Waals surface area contributed by atoms with E-state index in [-0.39, 0.29) is 26.9 Å². The molecule has 2 N–H and O–H groups in total. The maximum Gasteiger partial charge on any atom is 0.337 e. The maximum absolute atomic E-state index is 12.7. The minimum Gasteiger partial charge on any atom is -0.506 e. The summed E-state index contributed by atoms with van der Waals surface area (Å²) in [6, 6.07) is 13.4. The summed E-state index contributed by atoms with van der Waals surface area (Å²) < 4.78 is 32.4. The molecular weight excluding hydrogens is 378 g/mol. The van der Waals surface area contributed by atoms with Gasteiger partial charge in [0, 0.05) is 10.8 Å². The molecule has 26 heavy (non-hydrogen) atoms. The van der Waals surface area contributed by atoms with Crippen molar-refractivity contribution in [2.45, 2.75) is 4.90 Å². The van der Waals surface area contributed by atoms with E-state index in [0.717, 1.165) is 0 Å². The molecule has 0 unspecified atom stereocenters. The monoisotopic (exact) mass is 391 g/mol. The molecule has 3 rings (SSSR count). The highest BCUT2D eigenvalue weighted by molar-refractivity contribution is 7.92. The molecule has 0 amide bonds. The number of phenolic OH excluding ortho intramolecular Hbond substituents is 1. The van der Waals surface area contributed by atoms with Crippen LogP contribution in [0.3, 0.4) is 0 Å². The van der Waals surface area contributed by atoms with Crippen molar-refractivity contribution < 1.29 is 23.1 Å². The largest absolute Gasteiger partial charge is 0.506 e. The first-order chi connectivity index (χ1) is 12.3. The third kappa shape index (κ3) is 3.31. The molecule has 8 heteroatoms. The van der Waals surface area contributed by atoms with E-state index in [0.29, 0.717) is 10.8 Å². The summed E-state index contributed by atoms with van der Waals surface area (Å²) in [5.41, 5.74) is 0.477. The van der Waals surface area contributed by atoms with Gasteiger partial charge in [0.1, 0.15) is 5.75 Å². The van der Waals surface area contributed by atoms with Crippen molar-refractivity contribution >= 4 is 44.1 Å². The molecule has 0 saturated heterocycles. The van der Waals surface area contributed by atoms with Gasteiger partial charge < -0.3 is 9.84 Å². The molecule has 0 aliphatic heterocycles. The molecular formula is C18H14ClNO5S. The Bertz CT molecular complexity index is 1090. The zero-order valence-corrected chi connectivity index (χ0v) is 15.1. The summed E-state index contributed by atoms with van der Waals surface area (Å²) in [6.07, 6.45) is 0. The maximum atomic E-state index is 12.7. The number of halogens is 1. The van der Waals surface area contributed by atoms with Crippen LogP contribution < -0.4 is 4.72 Å². The first-order valence-electron chi connectivity index (χ1n) is 7.45. The van der Waals surface area contributed by atoms with Crippen molar-refractivity contribution in [1.82, 2.24) is 0 Å². The van der Waals surface area contributed by atoms with E-state index in [1.807, 2.05) is 0 Å². The molecule has 0 aliphatic carbocycles. The van der Waals surface area contributed by atoms with Crippen LogP contribution in [0.25, 0.3) is 10.8 Å². The molecule has 0 radical (unpaired) electrons. The molecule has 0 fully saturated rings. The van der Waals surface area contributed by atoms with Crippen LogP contribution in [0.5, 0.6) is 5.75 Å². The van der Waals surface area contributed by atoms with E-state index < -0.39 is 16.0 Å². The number of methoxy groups -OCH3 is 1. The minimum absolute atomic E-state index is 0.0292. The normalized spacial score (nSPS) is 11.3. The number of nitrogens with one attached hydrogen (secondary N) is 1. The molecule has 0 heterocycles. The molecule has 0 aliphatic rings. The Balaban J connectivity index is 2.02. The minimum atomic E-state index is -3.93. The number of phenols is 1. The topological polar surface area (TPSA) is 92.7 Å². The van der Waals surface area contributed by atoms with Crippen molar-refractivity contribution in [3.05, 3.63) is 65.2 Å². The summed E-state index contributed by atoms with van der Waals surface area (Å²) in [5, 5.41) is 11.0. The van der Waals surface area contributed by atoms with Gasteiger partial charge in [-0.3, -0.25) is 4.72 Å². The number of sulfonamides is 1. The smallest absolute Gasteiger partial charge is 0.337 e. The van der Waals surface area contributed by atoms with E-state index in [1.165, 1.54) is 37.4 Å². The third-order valence-corrected chi connectivity index (χ3v) is 5.47. The summed E-state index contributed by atoms with van der Waals surface area (Å²) in [6.45, 7) is 0. The first kappa shape index (κ1) is 18.0. The van der Waals surface area contributed by atoms with Crippen molar-refractivity contribution in [3.63, 3.8) is 0 Å². The van der Waals surface area contributed by atoms with Crippen molar-refractivity contribution in [1.29, 1.82) is 0 Å². The van der Waals surface area contributed by atoms with Crippen molar-refractivity contribution in [3.8, 4) is 5.75 Å². The predicted octanol–water partition coefficient (Wildman–Crippen LogP) is 3.79. The second-order valence-corrected chi connectivity index (χ2v) is 7.51. The van der Waals surface area contributed by atoms with Crippen LogP contribution in [0.1, 0.15) is 10.4 Å². The first-order valence-corrected chi connectivity index (χ1v) is 9.31. The molecule has 134 valence electrons. The summed E-state index contributed by atoms with van der Waals surface area (Å²) in [4.78, 5) is 11.4. The average molecular weight is 392 g/mol. The van der Waals surface area contributed by atoms with Gasteiger partial charge in [-0.2, -0.15) is 0 Å². The lowest BCUT2D eigenvalue weighted by atomic mass is 10.1. The van der Waals surface area contributed by atoms with Crippen LogP contribution >= 0.6 is 11.6 Å². The summed E-state index contributed by atoms with van der Waals surface area (Å²) in [5.74, 6) is -0.675. The second kappa shape index (κ2) is 6.86. The molecule has 3 aromatic rings. The second-order valence-electron chi connectivity index (χ2n) is 5.42. The van der Waals surface area contributed by atoms with Gasteiger partial charge in [-0.05, 0) is 30.3 Å². The van der Waals surface area contributed by atoms with Gasteiger partial charge in [0.2, 0.25) is 0 Å². The van der Waals surface area contributed by atoms with E-state index >= 15 is 0 Å². The van der Waals surface area contributed by atoms with Gasteiger partial charge >= 0.3 is 5.97 Å². The van der Waals surface area contributed by atoms with Crippen LogP contribution in [0.2, 0.25) is 5.02 Å². The van der Waals surface area contributed by atoms with Gasteiger partial charge in [0.25, 0.3) is 10.0 Å². The predicted molar refractivity (Wildman–Crippen MR) is 99.2 cm³/mol. The average Bonchev–Trinajstić information content (AvgIpc) is 2.65. The van der Waals surface area contributed by atoms with E-state index in [9.17, 15) is 18.3 Å². The number of fused-ring (bicyclic) bond motifs is 1. The fraction of sp³-hybridized carbons (Fsp3) is 0.0556. The molecule has 6 nitrogen and oxygen atoms in total. The molecule has 0 bridgehead atoms. The highest BCUT2D eigenvalue weighted by Crippen LogP contribution is 2.38. The van der Waals surface area contributed by atoms with Crippen molar-refractivity contribution in [2.24, 2.45) is 0 Å². The quantitative estimate of drug-likeness (QED) is 0.521. The lowest BCUT2D eigenvalue weighted by molar-refractivity contribution is 0.0600. The summed E-state index contributed by atoms with van der Waals surface area (Å²) >= 11 is 6.00. The SMILES string of the molecule is COC(=O)c1ccc(S(=O)(=O)Nc2cc(Cl)c(O)c3ccccc23)cc1. The standard InChI is InChI=1S/C18H14ClNO5S/c1-25-18(22)11-6-8-12(9-7-11)26(23,24)20-16-10-15(19)17(21)14-5-3-2-4-13(14)16/h2-10,20-21H,1H3.